The average Bonchev–Trinajstić information content (AvgIpc) is 3.19. The molecule has 1 amide bonds. The number of nitrogens with zero attached hydrogens (tertiary/aromatic N) is 1. The van der Waals surface area contributed by atoms with Crippen LogP contribution >= 0.6 is 11.3 Å². The smallest absolute Gasteiger partial charge is 0.307 e. The maximum absolute atomic E-state index is 13.0. The molecule has 1 aliphatic rings. The van der Waals surface area contributed by atoms with Crippen molar-refractivity contribution in [1.82, 2.24) is 4.90 Å². The largest absolute Gasteiger partial charge is 0.493 e. The molecule has 0 saturated heterocycles. The number of methoxy groups -OCH3 is 3. The normalized spacial score (nSPS) is 15.8. The molecule has 0 bridgehead atoms. The number of hydrogen-bond acceptors (Lipinski definition) is 6. The van der Waals surface area contributed by atoms with Crippen LogP contribution < -0.4 is 9.47 Å². The summed E-state index contributed by atoms with van der Waals surface area (Å²) >= 11 is 1.56. The van der Waals surface area contributed by atoms with E-state index in [1.165, 1.54) is 7.11 Å². The van der Waals surface area contributed by atoms with Gasteiger partial charge in [0.15, 0.2) is 11.5 Å². The number of fused-ring (bicyclic) bond motifs is 1. The lowest BCUT2D eigenvalue weighted by Crippen LogP contribution is -2.41. The first-order valence-electron chi connectivity index (χ1n) is 8.70. The molecule has 3 rings (SSSR count). The van der Waals surface area contributed by atoms with Gasteiger partial charge in [0.1, 0.15) is 0 Å². The fourth-order valence-electron chi connectivity index (χ4n) is 3.45. The lowest BCUT2D eigenvalue weighted by atomic mass is 9.89. The summed E-state index contributed by atoms with van der Waals surface area (Å²) < 4.78 is 15.7. The molecule has 1 unspecified atom stereocenters. The van der Waals surface area contributed by atoms with Crippen molar-refractivity contribution in [2.75, 3.05) is 27.9 Å². The second-order valence-electron chi connectivity index (χ2n) is 6.30. The number of ether oxygens (including phenoxy) is 3. The van der Waals surface area contributed by atoms with Gasteiger partial charge in [0, 0.05) is 11.4 Å². The van der Waals surface area contributed by atoms with E-state index in [4.69, 9.17) is 14.2 Å². The van der Waals surface area contributed by atoms with E-state index in [2.05, 4.69) is 0 Å². The summed E-state index contributed by atoms with van der Waals surface area (Å²) in [7, 11) is 4.52. The third-order valence-electron chi connectivity index (χ3n) is 4.82. The van der Waals surface area contributed by atoms with Crippen LogP contribution in [0.1, 0.15) is 28.5 Å². The number of rotatable bonds is 6. The van der Waals surface area contributed by atoms with E-state index in [0.717, 1.165) is 16.0 Å². The van der Waals surface area contributed by atoms with Crippen molar-refractivity contribution in [3.8, 4) is 11.5 Å². The summed E-state index contributed by atoms with van der Waals surface area (Å²) in [5.41, 5.74) is 1.96. The Morgan fingerprint density at radius 1 is 1.19 bits per heavy atom. The minimum Gasteiger partial charge on any atom is -0.493 e. The molecule has 0 saturated carbocycles. The number of esters is 1. The summed E-state index contributed by atoms with van der Waals surface area (Å²) in [6, 6.07) is 7.30. The summed E-state index contributed by atoms with van der Waals surface area (Å²) in [6.07, 6.45) is 1.14. The third kappa shape index (κ3) is 4.08. The van der Waals surface area contributed by atoms with Crippen molar-refractivity contribution in [2.45, 2.75) is 25.3 Å². The molecule has 0 spiro atoms. The molecule has 2 aromatic rings. The quantitative estimate of drug-likeness (QED) is 0.711. The molecule has 6 nitrogen and oxygen atoms in total. The Hall–Kier alpha value is -2.54. The average molecular weight is 389 g/mol. The maximum atomic E-state index is 13.0. The molecular weight excluding hydrogens is 366 g/mol. The van der Waals surface area contributed by atoms with Crippen LogP contribution in [0.15, 0.2) is 29.6 Å². The van der Waals surface area contributed by atoms with Gasteiger partial charge in [-0.05, 0) is 41.1 Å². The number of thiophene rings is 1. The molecule has 0 fully saturated rings. The fourth-order valence-corrected chi connectivity index (χ4v) is 4.15. The van der Waals surface area contributed by atoms with E-state index in [-0.39, 0.29) is 24.3 Å². The van der Waals surface area contributed by atoms with Crippen LogP contribution in [0.4, 0.5) is 0 Å². The molecule has 1 aliphatic heterocycles. The van der Waals surface area contributed by atoms with Crippen LogP contribution in [0.25, 0.3) is 0 Å². The second kappa shape index (κ2) is 8.43. The van der Waals surface area contributed by atoms with Crippen LogP contribution in [-0.4, -0.2) is 44.7 Å². The second-order valence-corrected chi connectivity index (χ2v) is 7.33. The molecule has 1 atom stereocenters. The van der Waals surface area contributed by atoms with E-state index in [9.17, 15) is 9.59 Å². The Bertz CT molecular complexity index is 818. The SMILES string of the molecule is COC(=O)CC1c2cc(OC)c(OC)cc2CCN1C(=O)Cc1cccs1. The Morgan fingerprint density at radius 3 is 2.56 bits per heavy atom. The first-order valence-corrected chi connectivity index (χ1v) is 9.58. The van der Waals surface area contributed by atoms with Gasteiger partial charge < -0.3 is 19.1 Å². The number of carbonyl (C=O) groups is 2. The van der Waals surface area contributed by atoms with Gasteiger partial charge in [-0.2, -0.15) is 0 Å². The first kappa shape index (κ1) is 19.2. The molecule has 27 heavy (non-hydrogen) atoms. The van der Waals surface area contributed by atoms with Crippen LogP contribution in [0, 0.1) is 0 Å². The van der Waals surface area contributed by atoms with Crippen LogP contribution in [-0.2, 0) is 27.2 Å². The van der Waals surface area contributed by atoms with E-state index in [1.807, 2.05) is 29.6 Å². The van der Waals surface area contributed by atoms with Gasteiger partial charge in [-0.1, -0.05) is 6.07 Å². The number of amides is 1. The van der Waals surface area contributed by atoms with Gasteiger partial charge in [-0.25, -0.2) is 0 Å². The highest BCUT2D eigenvalue weighted by molar-refractivity contribution is 7.10. The molecule has 0 aliphatic carbocycles. The van der Waals surface area contributed by atoms with Gasteiger partial charge in [-0.3, -0.25) is 9.59 Å². The first-order chi connectivity index (χ1) is 13.1. The molecule has 2 heterocycles. The Kier molecular flexibility index (Phi) is 6.01. The molecule has 7 heteroatoms. The predicted molar refractivity (Wildman–Crippen MR) is 102 cm³/mol. The predicted octanol–water partition coefficient (Wildman–Crippen LogP) is 3.00. The zero-order chi connectivity index (χ0) is 19.4. The van der Waals surface area contributed by atoms with Crippen molar-refractivity contribution in [1.29, 1.82) is 0 Å². The van der Waals surface area contributed by atoms with Crippen LogP contribution in [0.2, 0.25) is 0 Å². The van der Waals surface area contributed by atoms with Crippen molar-refractivity contribution < 1.29 is 23.8 Å². The highest BCUT2D eigenvalue weighted by Gasteiger charge is 2.34. The summed E-state index contributed by atoms with van der Waals surface area (Å²) in [4.78, 5) is 27.8. The third-order valence-corrected chi connectivity index (χ3v) is 5.69. The molecule has 0 radical (unpaired) electrons. The van der Waals surface area contributed by atoms with Gasteiger partial charge in [0.2, 0.25) is 5.91 Å². The zero-order valence-electron chi connectivity index (χ0n) is 15.7. The molecule has 144 valence electrons. The standard InChI is InChI=1S/C20H23NO5S/c1-24-17-9-13-6-7-21(19(22)10-14-5-4-8-27-14)16(12-20(23)26-3)15(13)11-18(17)25-2/h4-5,8-9,11,16H,6-7,10,12H2,1-3H3. The summed E-state index contributed by atoms with van der Waals surface area (Å²) in [5, 5.41) is 1.96. The fraction of sp³-hybridized carbons (Fsp3) is 0.400. The van der Waals surface area contributed by atoms with Crippen molar-refractivity contribution in [3.05, 3.63) is 45.6 Å². The van der Waals surface area contributed by atoms with Crippen molar-refractivity contribution in [3.63, 3.8) is 0 Å². The Labute approximate surface area is 162 Å². The van der Waals surface area contributed by atoms with Crippen molar-refractivity contribution >= 4 is 23.2 Å². The van der Waals surface area contributed by atoms with Crippen LogP contribution in [0.5, 0.6) is 11.5 Å². The van der Waals surface area contributed by atoms with E-state index in [0.29, 0.717) is 30.9 Å². The minimum absolute atomic E-state index is 0.00629. The molecule has 1 aromatic carbocycles. The van der Waals surface area contributed by atoms with Gasteiger partial charge in [0.25, 0.3) is 0 Å². The van der Waals surface area contributed by atoms with Crippen molar-refractivity contribution in [2.24, 2.45) is 0 Å². The minimum atomic E-state index is -0.381. The van der Waals surface area contributed by atoms with Gasteiger partial charge in [-0.15, -0.1) is 11.3 Å². The van der Waals surface area contributed by atoms with Crippen LogP contribution in [0.3, 0.4) is 0 Å². The molecular formula is C20H23NO5S. The number of benzene rings is 1. The summed E-state index contributed by atoms with van der Waals surface area (Å²) in [6.45, 7) is 0.550. The lowest BCUT2D eigenvalue weighted by Gasteiger charge is -2.37. The van der Waals surface area contributed by atoms with Gasteiger partial charge >= 0.3 is 5.97 Å². The zero-order valence-corrected chi connectivity index (χ0v) is 16.5. The highest BCUT2D eigenvalue weighted by atomic mass is 32.1. The Morgan fingerprint density at radius 2 is 1.93 bits per heavy atom. The van der Waals surface area contributed by atoms with E-state index < -0.39 is 0 Å². The number of hydrogen-bond donors (Lipinski definition) is 0. The summed E-state index contributed by atoms with van der Waals surface area (Å²) in [5.74, 6) is 0.883. The monoisotopic (exact) mass is 389 g/mol. The molecule has 0 N–H and O–H groups in total. The number of carbonyl (C=O) groups excluding carboxylic acids is 2. The van der Waals surface area contributed by atoms with Gasteiger partial charge in [0.05, 0.1) is 40.2 Å². The highest BCUT2D eigenvalue weighted by Crippen LogP contribution is 2.39. The lowest BCUT2D eigenvalue weighted by molar-refractivity contribution is -0.144. The Balaban J connectivity index is 1.95. The van der Waals surface area contributed by atoms with E-state index in [1.54, 1.807) is 30.5 Å². The molecule has 1 aromatic heterocycles. The maximum Gasteiger partial charge on any atom is 0.307 e. The topological polar surface area (TPSA) is 65.1 Å². The van der Waals surface area contributed by atoms with E-state index >= 15 is 0 Å².